The summed E-state index contributed by atoms with van der Waals surface area (Å²) in [5.41, 5.74) is 0.570. The molecule has 0 N–H and O–H groups in total. The number of halogens is 1. The van der Waals surface area contributed by atoms with Gasteiger partial charge in [-0.1, -0.05) is 30.7 Å². The molecular formula is C15H21ClN2O2. The van der Waals surface area contributed by atoms with E-state index in [-0.39, 0.29) is 24.3 Å². The molecule has 0 radical (unpaired) electrons. The molecule has 5 heteroatoms. The van der Waals surface area contributed by atoms with Gasteiger partial charge in [0, 0.05) is 24.7 Å². The molecule has 110 valence electrons. The molecule has 0 aliphatic rings. The van der Waals surface area contributed by atoms with Gasteiger partial charge in [-0.15, -0.1) is 0 Å². The normalized spacial score (nSPS) is 12.3. The third-order valence-electron chi connectivity index (χ3n) is 3.28. The lowest BCUT2D eigenvalue weighted by atomic mass is 10.0. The monoisotopic (exact) mass is 296 g/mol. The maximum absolute atomic E-state index is 12.4. The highest BCUT2D eigenvalue weighted by molar-refractivity contribution is 6.31. The number of likely N-dealkylation sites (N-methyl/N-ethyl adjacent to an activating group) is 2. The summed E-state index contributed by atoms with van der Waals surface area (Å²) in [6, 6.07) is 6.52. The third-order valence-corrected chi connectivity index (χ3v) is 3.51. The van der Waals surface area contributed by atoms with Crippen LogP contribution in [0.4, 0.5) is 0 Å². The van der Waals surface area contributed by atoms with Crippen LogP contribution in [0.3, 0.4) is 0 Å². The molecule has 0 fully saturated rings. The second-order valence-electron chi connectivity index (χ2n) is 4.90. The molecule has 4 nitrogen and oxygen atoms in total. The number of rotatable bonds is 6. The lowest BCUT2D eigenvalue weighted by molar-refractivity contribution is -0.130. The highest BCUT2D eigenvalue weighted by atomic mass is 35.5. The summed E-state index contributed by atoms with van der Waals surface area (Å²) < 4.78 is 0. The molecule has 0 heterocycles. The van der Waals surface area contributed by atoms with E-state index in [0.717, 1.165) is 0 Å². The number of nitrogens with zero attached hydrogens (tertiary/aromatic N) is 2. The lowest BCUT2D eigenvalue weighted by Gasteiger charge is -2.27. The summed E-state index contributed by atoms with van der Waals surface area (Å²) in [4.78, 5) is 27.6. The highest BCUT2D eigenvalue weighted by Crippen LogP contribution is 2.14. The number of carbonyl (C=O) groups is 2. The number of hydrogen-bond acceptors (Lipinski definition) is 3. The van der Waals surface area contributed by atoms with Gasteiger partial charge in [-0.2, -0.15) is 0 Å². The van der Waals surface area contributed by atoms with Crippen molar-refractivity contribution in [3.05, 3.63) is 34.9 Å². The van der Waals surface area contributed by atoms with E-state index < -0.39 is 0 Å². The van der Waals surface area contributed by atoms with Gasteiger partial charge in [0.2, 0.25) is 5.91 Å². The molecule has 1 aromatic rings. The van der Waals surface area contributed by atoms with Crippen molar-refractivity contribution < 1.29 is 9.59 Å². The predicted molar refractivity (Wildman–Crippen MR) is 81.2 cm³/mol. The average Bonchev–Trinajstić information content (AvgIpc) is 2.42. The van der Waals surface area contributed by atoms with E-state index in [4.69, 9.17) is 11.6 Å². The number of amides is 1. The smallest absolute Gasteiger partial charge is 0.236 e. The van der Waals surface area contributed by atoms with Crippen LogP contribution >= 0.6 is 11.6 Å². The Morgan fingerprint density at radius 1 is 1.30 bits per heavy atom. The Labute approximate surface area is 125 Å². The minimum atomic E-state index is -0.359. The van der Waals surface area contributed by atoms with Crippen molar-refractivity contribution in [3.8, 4) is 0 Å². The molecule has 1 atom stereocenters. The average molecular weight is 297 g/mol. The van der Waals surface area contributed by atoms with Crippen LogP contribution in [-0.2, 0) is 4.79 Å². The fourth-order valence-corrected chi connectivity index (χ4v) is 2.08. The Kier molecular flexibility index (Phi) is 6.17. The molecule has 1 rings (SSSR count). The van der Waals surface area contributed by atoms with Gasteiger partial charge in [-0.05, 0) is 25.6 Å². The molecule has 0 aromatic heterocycles. The molecule has 0 saturated carbocycles. The van der Waals surface area contributed by atoms with Crippen LogP contribution in [0.1, 0.15) is 24.2 Å². The van der Waals surface area contributed by atoms with E-state index in [9.17, 15) is 9.59 Å². The lowest BCUT2D eigenvalue weighted by Crippen LogP contribution is -2.44. The zero-order valence-corrected chi connectivity index (χ0v) is 13.1. The first-order valence-corrected chi connectivity index (χ1v) is 6.98. The molecular weight excluding hydrogens is 276 g/mol. The zero-order chi connectivity index (χ0) is 15.3. The summed E-state index contributed by atoms with van der Waals surface area (Å²) in [5.74, 6) is -0.0431. The summed E-state index contributed by atoms with van der Waals surface area (Å²) in [6.07, 6.45) is 0. The molecule has 20 heavy (non-hydrogen) atoms. The summed E-state index contributed by atoms with van der Waals surface area (Å²) in [7, 11) is 3.42. The van der Waals surface area contributed by atoms with E-state index in [1.807, 2.05) is 18.7 Å². The van der Waals surface area contributed by atoms with Gasteiger partial charge in [0.1, 0.15) is 0 Å². The standard InChI is InChI=1S/C15H21ClN2O2/c1-5-18(10-14(19)17(3)4)11(2)15(20)12-7-6-8-13(16)9-12/h6-9,11H,5,10H2,1-4H3. The topological polar surface area (TPSA) is 40.6 Å². The highest BCUT2D eigenvalue weighted by Gasteiger charge is 2.23. The molecule has 1 unspecified atom stereocenters. The van der Waals surface area contributed by atoms with E-state index in [1.54, 1.807) is 38.4 Å². The van der Waals surface area contributed by atoms with Gasteiger partial charge < -0.3 is 4.90 Å². The van der Waals surface area contributed by atoms with Crippen LogP contribution in [-0.4, -0.2) is 54.7 Å². The van der Waals surface area contributed by atoms with E-state index in [2.05, 4.69) is 0 Å². The van der Waals surface area contributed by atoms with Crippen molar-refractivity contribution in [2.45, 2.75) is 19.9 Å². The van der Waals surface area contributed by atoms with Crippen LogP contribution in [0.15, 0.2) is 24.3 Å². The largest absolute Gasteiger partial charge is 0.348 e. The van der Waals surface area contributed by atoms with Crippen LogP contribution in [0, 0.1) is 0 Å². The van der Waals surface area contributed by atoms with Crippen molar-refractivity contribution in [1.29, 1.82) is 0 Å². The van der Waals surface area contributed by atoms with Crippen molar-refractivity contribution in [2.24, 2.45) is 0 Å². The van der Waals surface area contributed by atoms with E-state index >= 15 is 0 Å². The Hall–Kier alpha value is -1.39. The summed E-state index contributed by atoms with van der Waals surface area (Å²) >= 11 is 5.91. The van der Waals surface area contributed by atoms with Gasteiger partial charge >= 0.3 is 0 Å². The van der Waals surface area contributed by atoms with Crippen molar-refractivity contribution in [3.63, 3.8) is 0 Å². The molecule has 0 spiro atoms. The molecule has 0 saturated heterocycles. The molecule has 0 aliphatic heterocycles. The van der Waals surface area contributed by atoms with E-state index in [0.29, 0.717) is 17.1 Å². The predicted octanol–water partition coefficient (Wildman–Crippen LogP) is 2.32. The molecule has 0 aliphatic carbocycles. The molecule has 1 amide bonds. The maximum Gasteiger partial charge on any atom is 0.236 e. The Balaban J connectivity index is 2.83. The van der Waals surface area contributed by atoms with Crippen LogP contribution in [0.2, 0.25) is 5.02 Å². The minimum Gasteiger partial charge on any atom is -0.348 e. The second-order valence-corrected chi connectivity index (χ2v) is 5.34. The number of carbonyl (C=O) groups excluding carboxylic acids is 2. The number of benzene rings is 1. The van der Waals surface area contributed by atoms with Crippen LogP contribution < -0.4 is 0 Å². The Morgan fingerprint density at radius 2 is 1.95 bits per heavy atom. The first kappa shape index (κ1) is 16.7. The summed E-state index contributed by atoms with van der Waals surface area (Å²) in [5, 5.41) is 0.537. The third kappa shape index (κ3) is 4.32. The molecule has 0 bridgehead atoms. The number of ketones is 1. The summed E-state index contributed by atoms with van der Waals surface area (Å²) in [6.45, 7) is 4.62. The van der Waals surface area contributed by atoms with Gasteiger partial charge in [-0.3, -0.25) is 14.5 Å². The first-order valence-electron chi connectivity index (χ1n) is 6.60. The number of hydrogen-bond donors (Lipinski definition) is 0. The first-order chi connectivity index (χ1) is 9.36. The van der Waals surface area contributed by atoms with Crippen LogP contribution in [0.5, 0.6) is 0 Å². The van der Waals surface area contributed by atoms with Crippen molar-refractivity contribution in [2.75, 3.05) is 27.2 Å². The van der Waals surface area contributed by atoms with Gasteiger partial charge in [-0.25, -0.2) is 0 Å². The number of Topliss-reactive ketones (excluding diaryl/α,β-unsaturated/α-hetero) is 1. The SMILES string of the molecule is CCN(CC(=O)N(C)C)C(C)C(=O)c1cccc(Cl)c1. The van der Waals surface area contributed by atoms with Gasteiger partial charge in [0.15, 0.2) is 5.78 Å². The fraction of sp³-hybridized carbons (Fsp3) is 0.467. The zero-order valence-electron chi connectivity index (χ0n) is 12.4. The Morgan fingerprint density at radius 3 is 2.45 bits per heavy atom. The van der Waals surface area contributed by atoms with E-state index in [1.165, 1.54) is 4.90 Å². The van der Waals surface area contributed by atoms with Gasteiger partial charge in [0.05, 0.1) is 12.6 Å². The fourth-order valence-electron chi connectivity index (χ4n) is 1.89. The quantitative estimate of drug-likeness (QED) is 0.757. The molecule has 1 aromatic carbocycles. The van der Waals surface area contributed by atoms with Crippen LogP contribution in [0.25, 0.3) is 0 Å². The van der Waals surface area contributed by atoms with Crippen molar-refractivity contribution >= 4 is 23.3 Å². The van der Waals surface area contributed by atoms with Gasteiger partial charge in [0.25, 0.3) is 0 Å². The maximum atomic E-state index is 12.4. The minimum absolute atomic E-state index is 0.0161. The Bertz CT molecular complexity index is 489. The van der Waals surface area contributed by atoms with Crippen molar-refractivity contribution in [1.82, 2.24) is 9.80 Å². The second kappa shape index (κ2) is 7.41.